The Hall–Kier alpha value is -3.07. The van der Waals surface area contributed by atoms with Gasteiger partial charge in [-0.05, 0) is 67.6 Å². The predicted octanol–water partition coefficient (Wildman–Crippen LogP) is 7.01. The summed E-state index contributed by atoms with van der Waals surface area (Å²) in [5.74, 6) is 0.0817. The van der Waals surface area contributed by atoms with E-state index in [1.807, 2.05) is 41.3 Å². The molecule has 3 aromatic carbocycles. The van der Waals surface area contributed by atoms with Gasteiger partial charge in [0.15, 0.2) is 0 Å². The lowest BCUT2D eigenvalue weighted by molar-refractivity contribution is 0.0974. The normalized spacial score (nSPS) is 17.8. The van der Waals surface area contributed by atoms with Crippen LogP contribution in [0, 0.1) is 0 Å². The van der Waals surface area contributed by atoms with E-state index in [1.54, 1.807) is 0 Å². The first kappa shape index (κ1) is 21.2. The van der Waals surface area contributed by atoms with Gasteiger partial charge in [-0.15, -0.1) is 0 Å². The molecule has 160 valence electrons. The minimum atomic E-state index is 0.0817. The maximum Gasteiger partial charge on any atom is 0.258 e. The van der Waals surface area contributed by atoms with E-state index in [4.69, 9.17) is 0 Å². The van der Waals surface area contributed by atoms with Crippen LogP contribution in [0.4, 0.5) is 11.4 Å². The van der Waals surface area contributed by atoms with Crippen LogP contribution < -0.4 is 10.2 Å². The molecule has 0 saturated heterocycles. The third kappa shape index (κ3) is 4.82. The Morgan fingerprint density at radius 2 is 1.65 bits per heavy atom. The molecule has 1 amide bonds. The number of aryl methyl sites for hydroxylation is 1. The summed E-state index contributed by atoms with van der Waals surface area (Å²) in [6.07, 6.45) is 5.63. The zero-order valence-corrected chi connectivity index (χ0v) is 18.6. The van der Waals surface area contributed by atoms with Crippen LogP contribution in [0.1, 0.15) is 67.1 Å². The molecule has 1 aliphatic rings. The molecule has 2 atom stereocenters. The fourth-order valence-electron chi connectivity index (χ4n) is 4.53. The first-order valence-corrected chi connectivity index (χ1v) is 11.5. The Morgan fingerprint density at radius 1 is 0.935 bits per heavy atom. The third-order valence-corrected chi connectivity index (χ3v) is 6.19. The second kappa shape index (κ2) is 9.82. The van der Waals surface area contributed by atoms with Crippen molar-refractivity contribution in [1.29, 1.82) is 0 Å². The summed E-state index contributed by atoms with van der Waals surface area (Å²) in [5, 5.41) is 3.66. The smallest absolute Gasteiger partial charge is 0.258 e. The number of nitrogens with one attached hydrogen (secondary N) is 1. The molecular formula is C28H32N2O. The largest absolute Gasteiger partial charge is 0.378 e. The van der Waals surface area contributed by atoms with Gasteiger partial charge in [0.2, 0.25) is 0 Å². The van der Waals surface area contributed by atoms with E-state index in [1.165, 1.54) is 30.4 Å². The van der Waals surface area contributed by atoms with Crippen molar-refractivity contribution in [2.75, 3.05) is 10.2 Å². The SMILES string of the molecule is CCCCCc1ccc(C(=O)N2c3ccccc3C(Nc3ccccc3)CC2C)cc1. The monoisotopic (exact) mass is 412 g/mol. The number of rotatable bonds is 7. The van der Waals surface area contributed by atoms with E-state index in [-0.39, 0.29) is 18.0 Å². The molecular weight excluding hydrogens is 380 g/mol. The van der Waals surface area contributed by atoms with Gasteiger partial charge in [-0.3, -0.25) is 4.79 Å². The summed E-state index contributed by atoms with van der Waals surface area (Å²) < 4.78 is 0. The van der Waals surface area contributed by atoms with Gasteiger partial charge in [-0.25, -0.2) is 0 Å². The number of nitrogens with zero attached hydrogens (tertiary/aromatic N) is 1. The Balaban J connectivity index is 1.56. The van der Waals surface area contributed by atoms with E-state index in [0.29, 0.717) is 0 Å². The molecule has 31 heavy (non-hydrogen) atoms. The van der Waals surface area contributed by atoms with E-state index < -0.39 is 0 Å². The van der Waals surface area contributed by atoms with Crippen molar-refractivity contribution in [1.82, 2.24) is 0 Å². The van der Waals surface area contributed by atoms with Gasteiger partial charge in [0.25, 0.3) is 5.91 Å². The maximum atomic E-state index is 13.5. The van der Waals surface area contributed by atoms with Crippen molar-refractivity contribution in [3.63, 3.8) is 0 Å². The van der Waals surface area contributed by atoms with E-state index >= 15 is 0 Å². The first-order chi connectivity index (χ1) is 15.2. The second-order valence-corrected chi connectivity index (χ2v) is 8.54. The number of unbranched alkanes of at least 4 members (excludes halogenated alkanes) is 2. The molecule has 4 rings (SSSR count). The first-order valence-electron chi connectivity index (χ1n) is 11.5. The van der Waals surface area contributed by atoms with Crippen LogP contribution >= 0.6 is 0 Å². The summed E-state index contributed by atoms with van der Waals surface area (Å²) in [4.78, 5) is 15.5. The highest BCUT2D eigenvalue weighted by molar-refractivity contribution is 6.07. The molecule has 0 radical (unpaired) electrons. The van der Waals surface area contributed by atoms with Gasteiger partial charge >= 0.3 is 0 Å². The second-order valence-electron chi connectivity index (χ2n) is 8.54. The lowest BCUT2D eigenvalue weighted by Gasteiger charge is -2.40. The van der Waals surface area contributed by atoms with Crippen molar-refractivity contribution in [2.24, 2.45) is 0 Å². The number of amides is 1. The molecule has 3 aromatic rings. The van der Waals surface area contributed by atoms with Crippen LogP contribution in [0.5, 0.6) is 0 Å². The highest BCUT2D eigenvalue weighted by atomic mass is 16.2. The molecule has 0 aliphatic carbocycles. The average molecular weight is 413 g/mol. The molecule has 0 bridgehead atoms. The number of carbonyl (C=O) groups is 1. The molecule has 0 fully saturated rings. The summed E-state index contributed by atoms with van der Waals surface area (Å²) in [7, 11) is 0. The number of hydrogen-bond acceptors (Lipinski definition) is 2. The highest BCUT2D eigenvalue weighted by Gasteiger charge is 2.34. The van der Waals surface area contributed by atoms with Crippen molar-refractivity contribution in [2.45, 2.75) is 58.0 Å². The summed E-state index contributed by atoms with van der Waals surface area (Å²) in [5.41, 5.74) is 5.35. The number of hydrogen-bond donors (Lipinski definition) is 1. The maximum absolute atomic E-state index is 13.5. The van der Waals surface area contributed by atoms with Crippen LogP contribution in [0.15, 0.2) is 78.9 Å². The molecule has 1 aliphatic heterocycles. The number of benzene rings is 3. The van der Waals surface area contributed by atoms with E-state index in [9.17, 15) is 4.79 Å². The number of anilines is 2. The van der Waals surface area contributed by atoms with Crippen LogP contribution in [-0.2, 0) is 6.42 Å². The van der Waals surface area contributed by atoms with Gasteiger partial charge in [-0.1, -0.05) is 68.3 Å². The summed E-state index contributed by atoms with van der Waals surface area (Å²) >= 11 is 0. The molecule has 3 nitrogen and oxygen atoms in total. The molecule has 0 aromatic heterocycles. The lowest BCUT2D eigenvalue weighted by atomic mass is 9.90. The fourth-order valence-corrected chi connectivity index (χ4v) is 4.53. The van der Waals surface area contributed by atoms with Crippen LogP contribution in [0.2, 0.25) is 0 Å². The fraction of sp³-hybridized carbons (Fsp3) is 0.321. The van der Waals surface area contributed by atoms with Crippen molar-refractivity contribution >= 4 is 17.3 Å². The predicted molar refractivity (Wildman–Crippen MR) is 130 cm³/mol. The van der Waals surface area contributed by atoms with Crippen molar-refractivity contribution in [3.05, 3.63) is 95.6 Å². The number of fused-ring (bicyclic) bond motifs is 1. The van der Waals surface area contributed by atoms with Crippen LogP contribution in [0.3, 0.4) is 0 Å². The minimum absolute atomic E-state index is 0.0817. The van der Waals surface area contributed by atoms with Crippen molar-refractivity contribution in [3.8, 4) is 0 Å². The van der Waals surface area contributed by atoms with Gasteiger partial charge in [0, 0.05) is 23.0 Å². The van der Waals surface area contributed by atoms with Gasteiger partial charge in [0.1, 0.15) is 0 Å². The summed E-state index contributed by atoms with van der Waals surface area (Å²) in [6.45, 7) is 4.37. The molecule has 2 unspecified atom stereocenters. The topological polar surface area (TPSA) is 32.3 Å². The summed E-state index contributed by atoms with van der Waals surface area (Å²) in [6, 6.07) is 27.1. The van der Waals surface area contributed by atoms with Crippen LogP contribution in [0.25, 0.3) is 0 Å². The standard InChI is InChI=1S/C28H32N2O/c1-3-4-6-11-22-16-18-23(19-17-22)28(31)30-21(2)20-26(25-14-9-10-15-27(25)30)29-24-12-7-5-8-13-24/h5,7-10,12-19,21,26,29H,3-4,6,11,20H2,1-2H3. The molecule has 0 saturated carbocycles. The Kier molecular flexibility index (Phi) is 6.71. The zero-order chi connectivity index (χ0) is 21.6. The van der Waals surface area contributed by atoms with Gasteiger partial charge in [-0.2, -0.15) is 0 Å². The number of para-hydroxylation sites is 2. The van der Waals surface area contributed by atoms with Crippen LogP contribution in [-0.4, -0.2) is 11.9 Å². The van der Waals surface area contributed by atoms with E-state index in [2.05, 4.69) is 61.6 Å². The van der Waals surface area contributed by atoms with E-state index in [0.717, 1.165) is 29.8 Å². The van der Waals surface area contributed by atoms with Gasteiger partial charge < -0.3 is 10.2 Å². The Labute approximate surface area is 186 Å². The lowest BCUT2D eigenvalue weighted by Crippen LogP contribution is -2.44. The Morgan fingerprint density at radius 3 is 2.39 bits per heavy atom. The highest BCUT2D eigenvalue weighted by Crippen LogP contribution is 2.39. The average Bonchev–Trinajstić information content (AvgIpc) is 2.80. The third-order valence-electron chi connectivity index (χ3n) is 6.19. The Bertz CT molecular complexity index is 997. The number of carbonyl (C=O) groups excluding carboxylic acids is 1. The molecule has 3 heteroatoms. The molecule has 1 N–H and O–H groups in total. The van der Waals surface area contributed by atoms with Crippen molar-refractivity contribution < 1.29 is 4.79 Å². The quantitative estimate of drug-likeness (QED) is 0.423. The molecule has 0 spiro atoms. The minimum Gasteiger partial charge on any atom is -0.378 e. The molecule has 1 heterocycles. The zero-order valence-electron chi connectivity index (χ0n) is 18.6. The van der Waals surface area contributed by atoms with Gasteiger partial charge in [0.05, 0.1) is 6.04 Å².